The quantitative estimate of drug-likeness (QED) is 0.711. The highest BCUT2D eigenvalue weighted by Crippen LogP contribution is 2.24. The molecular formula is C12H24N2O2S. The summed E-state index contributed by atoms with van der Waals surface area (Å²) in [5, 5.41) is 9.06. The second kappa shape index (κ2) is 7.95. The number of carbonyl (C=O) groups excluding carboxylic acids is 1. The third-order valence-electron chi connectivity index (χ3n) is 3.34. The van der Waals surface area contributed by atoms with E-state index in [0.717, 1.165) is 18.6 Å². The first-order valence-electron chi connectivity index (χ1n) is 6.36. The molecule has 0 aromatic heterocycles. The maximum atomic E-state index is 12.2. The van der Waals surface area contributed by atoms with Gasteiger partial charge in [-0.1, -0.05) is 12.8 Å². The zero-order valence-electron chi connectivity index (χ0n) is 10.6. The van der Waals surface area contributed by atoms with Crippen LogP contribution >= 0.6 is 11.8 Å². The molecule has 4 nitrogen and oxygen atoms in total. The first kappa shape index (κ1) is 14.8. The molecule has 1 saturated carbocycles. The molecule has 0 spiro atoms. The van der Waals surface area contributed by atoms with Crippen molar-refractivity contribution >= 4 is 17.7 Å². The topological polar surface area (TPSA) is 66.6 Å². The van der Waals surface area contributed by atoms with Crippen molar-refractivity contribution in [1.82, 2.24) is 4.90 Å². The standard InChI is InChI=1S/C12H24N2O2S/c1-17-9-6-11(13)12(16)14(7-8-15)10-4-2-3-5-10/h10-11,15H,2-9,13H2,1H3/t11-/m0/s1. The minimum atomic E-state index is -0.408. The van der Waals surface area contributed by atoms with Crippen LogP contribution in [-0.4, -0.2) is 53.2 Å². The summed E-state index contributed by atoms with van der Waals surface area (Å²) in [6, 6.07) is -0.107. The second-order valence-electron chi connectivity index (χ2n) is 4.58. The molecule has 0 unspecified atom stereocenters. The molecule has 100 valence electrons. The normalized spacial score (nSPS) is 18.3. The van der Waals surface area contributed by atoms with E-state index in [1.54, 1.807) is 16.7 Å². The Balaban J connectivity index is 2.52. The van der Waals surface area contributed by atoms with Gasteiger partial charge in [0.25, 0.3) is 0 Å². The number of aliphatic hydroxyl groups is 1. The highest BCUT2D eigenvalue weighted by atomic mass is 32.2. The Morgan fingerprint density at radius 3 is 2.71 bits per heavy atom. The van der Waals surface area contributed by atoms with Gasteiger partial charge in [-0.05, 0) is 31.3 Å². The van der Waals surface area contributed by atoms with Gasteiger partial charge in [0, 0.05) is 12.6 Å². The van der Waals surface area contributed by atoms with Gasteiger partial charge in [-0.15, -0.1) is 0 Å². The van der Waals surface area contributed by atoms with Crippen molar-refractivity contribution < 1.29 is 9.90 Å². The fraction of sp³-hybridized carbons (Fsp3) is 0.917. The van der Waals surface area contributed by atoms with E-state index in [-0.39, 0.29) is 12.5 Å². The molecule has 0 aromatic rings. The fourth-order valence-electron chi connectivity index (χ4n) is 2.38. The van der Waals surface area contributed by atoms with Crippen molar-refractivity contribution in [2.75, 3.05) is 25.2 Å². The number of rotatable bonds is 7. The average Bonchev–Trinajstić information content (AvgIpc) is 2.85. The first-order chi connectivity index (χ1) is 8.20. The summed E-state index contributed by atoms with van der Waals surface area (Å²) < 4.78 is 0. The zero-order valence-corrected chi connectivity index (χ0v) is 11.4. The number of nitrogens with zero attached hydrogens (tertiary/aromatic N) is 1. The van der Waals surface area contributed by atoms with Crippen LogP contribution in [0.15, 0.2) is 0 Å². The smallest absolute Gasteiger partial charge is 0.239 e. The van der Waals surface area contributed by atoms with Crippen LogP contribution < -0.4 is 5.73 Å². The Hall–Kier alpha value is -0.260. The van der Waals surface area contributed by atoms with Crippen LogP contribution in [0.3, 0.4) is 0 Å². The van der Waals surface area contributed by atoms with Crippen molar-refractivity contribution in [1.29, 1.82) is 0 Å². The Bertz CT molecular complexity index is 233. The van der Waals surface area contributed by atoms with Crippen LogP contribution in [0.4, 0.5) is 0 Å². The minimum Gasteiger partial charge on any atom is -0.395 e. The van der Waals surface area contributed by atoms with Gasteiger partial charge in [-0.2, -0.15) is 11.8 Å². The highest BCUT2D eigenvalue weighted by molar-refractivity contribution is 7.98. The van der Waals surface area contributed by atoms with Gasteiger partial charge in [0.05, 0.1) is 12.6 Å². The Morgan fingerprint density at radius 1 is 1.53 bits per heavy atom. The lowest BCUT2D eigenvalue weighted by Crippen LogP contribution is -2.49. The number of aliphatic hydroxyl groups excluding tert-OH is 1. The molecule has 1 aliphatic rings. The summed E-state index contributed by atoms with van der Waals surface area (Å²) in [4.78, 5) is 14.0. The van der Waals surface area contributed by atoms with Gasteiger partial charge in [0.2, 0.25) is 5.91 Å². The third-order valence-corrected chi connectivity index (χ3v) is 3.98. The molecule has 17 heavy (non-hydrogen) atoms. The molecule has 0 aromatic carbocycles. The SMILES string of the molecule is CSCC[C@H](N)C(=O)N(CCO)C1CCCC1. The lowest BCUT2D eigenvalue weighted by Gasteiger charge is -2.30. The molecule has 0 heterocycles. The van der Waals surface area contributed by atoms with Crippen LogP contribution in [-0.2, 0) is 4.79 Å². The van der Waals surface area contributed by atoms with Gasteiger partial charge in [-0.3, -0.25) is 4.79 Å². The van der Waals surface area contributed by atoms with E-state index in [1.807, 2.05) is 6.26 Å². The molecule has 5 heteroatoms. The van der Waals surface area contributed by atoms with E-state index >= 15 is 0 Å². The van der Waals surface area contributed by atoms with Crippen LogP contribution in [0, 0.1) is 0 Å². The molecular weight excluding hydrogens is 236 g/mol. The van der Waals surface area contributed by atoms with Crippen LogP contribution in [0.2, 0.25) is 0 Å². The Labute approximate surface area is 108 Å². The summed E-state index contributed by atoms with van der Waals surface area (Å²) in [6.07, 6.45) is 7.20. The minimum absolute atomic E-state index is 0.0139. The fourth-order valence-corrected chi connectivity index (χ4v) is 2.87. The van der Waals surface area contributed by atoms with E-state index in [1.165, 1.54) is 12.8 Å². The molecule has 0 saturated heterocycles. The van der Waals surface area contributed by atoms with Crippen molar-refractivity contribution in [3.63, 3.8) is 0 Å². The van der Waals surface area contributed by atoms with Gasteiger partial charge >= 0.3 is 0 Å². The van der Waals surface area contributed by atoms with Crippen LogP contribution in [0.5, 0.6) is 0 Å². The van der Waals surface area contributed by atoms with E-state index < -0.39 is 6.04 Å². The van der Waals surface area contributed by atoms with Gasteiger partial charge in [0.15, 0.2) is 0 Å². The van der Waals surface area contributed by atoms with Gasteiger partial charge < -0.3 is 15.7 Å². The number of thioether (sulfide) groups is 1. The summed E-state index contributed by atoms with van der Waals surface area (Å²) in [6.45, 7) is 0.452. The van der Waals surface area contributed by atoms with Crippen LogP contribution in [0.25, 0.3) is 0 Å². The predicted octanol–water partition coefficient (Wildman–Crippen LogP) is 0.830. The number of nitrogens with two attached hydrogens (primary N) is 1. The van der Waals surface area contributed by atoms with E-state index in [2.05, 4.69) is 0 Å². The summed E-state index contributed by atoms with van der Waals surface area (Å²) in [5.74, 6) is 0.921. The monoisotopic (exact) mass is 260 g/mol. The number of hydrogen-bond acceptors (Lipinski definition) is 4. The number of hydrogen-bond donors (Lipinski definition) is 2. The molecule has 3 N–H and O–H groups in total. The summed E-state index contributed by atoms with van der Waals surface area (Å²) >= 11 is 1.70. The molecule has 0 aliphatic heterocycles. The lowest BCUT2D eigenvalue weighted by molar-refractivity contribution is -0.135. The molecule has 0 radical (unpaired) electrons. The molecule has 1 aliphatic carbocycles. The molecule has 1 amide bonds. The second-order valence-corrected chi connectivity index (χ2v) is 5.57. The van der Waals surface area contributed by atoms with Gasteiger partial charge in [0.1, 0.15) is 0 Å². The van der Waals surface area contributed by atoms with E-state index in [4.69, 9.17) is 10.8 Å². The van der Waals surface area contributed by atoms with Crippen molar-refractivity contribution in [3.8, 4) is 0 Å². The zero-order chi connectivity index (χ0) is 12.7. The average molecular weight is 260 g/mol. The maximum absolute atomic E-state index is 12.2. The predicted molar refractivity (Wildman–Crippen MR) is 72.0 cm³/mol. The Morgan fingerprint density at radius 2 is 2.18 bits per heavy atom. The van der Waals surface area contributed by atoms with Crippen molar-refractivity contribution in [3.05, 3.63) is 0 Å². The van der Waals surface area contributed by atoms with Crippen molar-refractivity contribution in [2.45, 2.75) is 44.2 Å². The number of carbonyl (C=O) groups is 1. The van der Waals surface area contributed by atoms with E-state index in [0.29, 0.717) is 19.0 Å². The molecule has 1 atom stereocenters. The van der Waals surface area contributed by atoms with E-state index in [9.17, 15) is 4.79 Å². The highest BCUT2D eigenvalue weighted by Gasteiger charge is 2.28. The maximum Gasteiger partial charge on any atom is 0.239 e. The summed E-state index contributed by atoms with van der Waals surface area (Å²) in [7, 11) is 0. The summed E-state index contributed by atoms with van der Waals surface area (Å²) in [5.41, 5.74) is 5.92. The lowest BCUT2D eigenvalue weighted by atomic mass is 10.1. The largest absolute Gasteiger partial charge is 0.395 e. The molecule has 1 fully saturated rings. The number of amides is 1. The van der Waals surface area contributed by atoms with Crippen LogP contribution in [0.1, 0.15) is 32.1 Å². The van der Waals surface area contributed by atoms with Gasteiger partial charge in [-0.25, -0.2) is 0 Å². The molecule has 1 rings (SSSR count). The van der Waals surface area contributed by atoms with Crippen molar-refractivity contribution in [2.24, 2.45) is 5.73 Å². The first-order valence-corrected chi connectivity index (χ1v) is 7.76. The third kappa shape index (κ3) is 4.48. The Kier molecular flexibility index (Phi) is 6.92. The molecule has 0 bridgehead atoms.